The molecule has 0 aliphatic carbocycles. The van der Waals surface area contributed by atoms with Crippen LogP contribution in [-0.4, -0.2) is 0 Å². The van der Waals surface area contributed by atoms with Crippen LogP contribution in [0.3, 0.4) is 0 Å². The van der Waals surface area contributed by atoms with Crippen LogP contribution in [0.1, 0.15) is 33.4 Å². The van der Waals surface area contributed by atoms with Gasteiger partial charge in [0.2, 0.25) is 0 Å². The quantitative estimate of drug-likeness (QED) is 0.151. The van der Waals surface area contributed by atoms with Gasteiger partial charge in [0.25, 0.3) is 0 Å². The lowest BCUT2D eigenvalue weighted by molar-refractivity contribution is -0.137. The van der Waals surface area contributed by atoms with Crippen LogP contribution in [0.15, 0.2) is 164 Å². The van der Waals surface area contributed by atoms with Crippen molar-refractivity contribution in [3.63, 3.8) is 0 Å². The second-order valence-corrected chi connectivity index (χ2v) is 16.1. The fourth-order valence-corrected chi connectivity index (χ4v) is 8.69. The fourth-order valence-electron chi connectivity index (χ4n) is 8.69. The zero-order chi connectivity index (χ0) is 45.3. The van der Waals surface area contributed by atoms with E-state index >= 15 is 39.5 Å². The van der Waals surface area contributed by atoms with E-state index in [1.54, 1.807) is 109 Å². The van der Waals surface area contributed by atoms with E-state index in [-0.39, 0.29) is 67.1 Å². The summed E-state index contributed by atoms with van der Waals surface area (Å²) in [4.78, 5) is 1.11. The number of rotatable bonds is 6. The highest BCUT2D eigenvalue weighted by Gasteiger charge is 2.40. The van der Waals surface area contributed by atoms with Crippen LogP contribution in [0.2, 0.25) is 0 Å². The largest absolute Gasteiger partial charge is 0.417 e. The van der Waals surface area contributed by atoms with Crippen LogP contribution in [0.25, 0.3) is 65.7 Å². The number of alkyl halides is 9. The Morgan fingerprint density at radius 2 is 0.547 bits per heavy atom. The Labute approximate surface area is 362 Å². The van der Waals surface area contributed by atoms with Crippen molar-refractivity contribution >= 4 is 49.4 Å². The van der Waals surface area contributed by atoms with Crippen LogP contribution < -0.4 is 4.90 Å². The monoisotopic (exact) mass is 869 g/mol. The standard InChI is InChI=1S/C54H36F9N/c1-31-22-43(40-19-16-34-10-4-7-13-37(34)25-40)46(52(55,56)57)28-49(31)64(50-29-47(53(58,59)60)44(23-32(50)2)41-20-17-35-11-5-8-14-38(35)26-41)51-30-48(54(61,62)63)45(24-33(51)3)42-21-18-36-12-6-9-15-39(36)27-42/h4-30H,1-3H3. The normalized spacial score (nSPS) is 12.4. The minimum Gasteiger partial charge on any atom is -0.310 e. The van der Waals surface area contributed by atoms with Crippen LogP contribution in [0.4, 0.5) is 56.6 Å². The summed E-state index contributed by atoms with van der Waals surface area (Å²) in [5, 5.41) is 4.43. The lowest BCUT2D eigenvalue weighted by Crippen LogP contribution is -2.19. The minimum absolute atomic E-state index is 0.175. The molecule has 0 radical (unpaired) electrons. The highest BCUT2D eigenvalue weighted by atomic mass is 19.4. The Bertz CT molecular complexity index is 2940. The van der Waals surface area contributed by atoms with Gasteiger partial charge < -0.3 is 4.90 Å². The Morgan fingerprint density at radius 3 is 0.797 bits per heavy atom. The smallest absolute Gasteiger partial charge is 0.310 e. The molecule has 0 bridgehead atoms. The lowest BCUT2D eigenvalue weighted by atomic mass is 9.90. The van der Waals surface area contributed by atoms with Gasteiger partial charge in [-0.3, -0.25) is 0 Å². The summed E-state index contributed by atoms with van der Waals surface area (Å²) in [6.45, 7) is 4.50. The maximum absolute atomic E-state index is 15.4. The summed E-state index contributed by atoms with van der Waals surface area (Å²) < 4.78 is 139. The van der Waals surface area contributed by atoms with Crippen molar-refractivity contribution in [1.82, 2.24) is 0 Å². The summed E-state index contributed by atoms with van der Waals surface area (Å²) in [5.74, 6) is 0. The minimum atomic E-state index is -4.99. The summed E-state index contributed by atoms with van der Waals surface area (Å²) in [7, 11) is 0. The molecule has 9 aromatic carbocycles. The van der Waals surface area contributed by atoms with E-state index in [1.807, 2.05) is 18.2 Å². The van der Waals surface area contributed by atoms with E-state index in [2.05, 4.69) is 0 Å². The van der Waals surface area contributed by atoms with Gasteiger partial charge in [-0.15, -0.1) is 0 Å². The van der Waals surface area contributed by atoms with Gasteiger partial charge in [0, 0.05) is 17.1 Å². The molecule has 10 heteroatoms. The van der Waals surface area contributed by atoms with Gasteiger partial charge in [-0.1, -0.05) is 109 Å². The Morgan fingerprint density at radius 1 is 0.297 bits per heavy atom. The number of hydrogen-bond donors (Lipinski definition) is 0. The van der Waals surface area contributed by atoms with Crippen LogP contribution in [-0.2, 0) is 18.5 Å². The molecule has 320 valence electrons. The summed E-state index contributed by atoms with van der Waals surface area (Å²) in [5.41, 5.74) is -3.45. The third-order valence-corrected chi connectivity index (χ3v) is 11.8. The second-order valence-electron chi connectivity index (χ2n) is 16.1. The Kier molecular flexibility index (Phi) is 10.3. The maximum Gasteiger partial charge on any atom is 0.417 e. The van der Waals surface area contributed by atoms with Crippen molar-refractivity contribution in [2.75, 3.05) is 4.90 Å². The number of benzene rings is 9. The number of hydrogen-bond acceptors (Lipinski definition) is 1. The van der Waals surface area contributed by atoms with Crippen molar-refractivity contribution < 1.29 is 39.5 Å². The molecule has 0 saturated carbocycles. The van der Waals surface area contributed by atoms with Crippen molar-refractivity contribution in [2.24, 2.45) is 0 Å². The molecule has 0 saturated heterocycles. The molecule has 0 fully saturated rings. The summed E-state index contributed by atoms with van der Waals surface area (Å²) >= 11 is 0. The van der Waals surface area contributed by atoms with Crippen molar-refractivity contribution in [3.05, 3.63) is 197 Å². The van der Waals surface area contributed by atoms with Gasteiger partial charge in [-0.2, -0.15) is 39.5 Å². The first-order valence-corrected chi connectivity index (χ1v) is 20.3. The molecule has 1 nitrogen and oxygen atoms in total. The predicted molar refractivity (Wildman–Crippen MR) is 239 cm³/mol. The van der Waals surface area contributed by atoms with Crippen molar-refractivity contribution in [3.8, 4) is 33.4 Å². The molecular formula is C54H36F9N. The van der Waals surface area contributed by atoms with E-state index < -0.39 is 35.2 Å². The lowest BCUT2D eigenvalue weighted by Gasteiger charge is -2.33. The van der Waals surface area contributed by atoms with Gasteiger partial charge in [0.05, 0.1) is 16.7 Å². The van der Waals surface area contributed by atoms with Gasteiger partial charge in [0.1, 0.15) is 0 Å². The van der Waals surface area contributed by atoms with Crippen LogP contribution >= 0.6 is 0 Å². The van der Waals surface area contributed by atoms with Crippen molar-refractivity contribution in [1.29, 1.82) is 0 Å². The zero-order valence-electron chi connectivity index (χ0n) is 34.4. The first kappa shape index (κ1) is 42.2. The maximum atomic E-state index is 15.4. The highest BCUT2D eigenvalue weighted by Crippen LogP contribution is 2.51. The molecule has 0 atom stereocenters. The van der Waals surface area contributed by atoms with Gasteiger partial charge in [0.15, 0.2) is 0 Å². The molecule has 0 heterocycles. The van der Waals surface area contributed by atoms with E-state index in [0.717, 1.165) is 39.3 Å². The van der Waals surface area contributed by atoms with Gasteiger partial charge >= 0.3 is 18.5 Å². The molecule has 0 aromatic heterocycles. The van der Waals surface area contributed by atoms with E-state index in [4.69, 9.17) is 0 Å². The van der Waals surface area contributed by atoms with E-state index in [1.165, 1.54) is 39.0 Å². The van der Waals surface area contributed by atoms with Crippen LogP contribution in [0, 0.1) is 20.8 Å². The molecule has 9 rings (SSSR count). The molecule has 9 aromatic rings. The number of fused-ring (bicyclic) bond motifs is 3. The van der Waals surface area contributed by atoms with Gasteiger partial charge in [-0.05, 0) is 158 Å². The molecule has 0 spiro atoms. The fraction of sp³-hybridized carbons (Fsp3) is 0.111. The zero-order valence-corrected chi connectivity index (χ0v) is 34.4. The van der Waals surface area contributed by atoms with E-state index in [0.29, 0.717) is 16.2 Å². The predicted octanol–water partition coefficient (Wildman–Crippen LogP) is 17.6. The molecule has 0 aliphatic rings. The number of nitrogens with zero attached hydrogens (tertiary/aromatic N) is 1. The second kappa shape index (κ2) is 15.6. The summed E-state index contributed by atoms with van der Waals surface area (Å²) in [6, 6.07) is 42.4. The van der Waals surface area contributed by atoms with E-state index in [9.17, 15) is 0 Å². The highest BCUT2D eigenvalue weighted by molar-refractivity contribution is 5.94. The average molecular weight is 870 g/mol. The van der Waals surface area contributed by atoms with Crippen molar-refractivity contribution in [2.45, 2.75) is 39.3 Å². The topological polar surface area (TPSA) is 3.24 Å². The number of halogens is 9. The Hall–Kier alpha value is -7.07. The number of aryl methyl sites for hydroxylation is 3. The third kappa shape index (κ3) is 7.82. The molecular weight excluding hydrogens is 834 g/mol. The third-order valence-electron chi connectivity index (χ3n) is 11.8. The SMILES string of the molecule is Cc1cc(-c2ccc3ccccc3c2)c(C(F)(F)F)cc1N(c1cc(C(F)(F)F)c(-c2ccc3ccccc3c2)cc1C)c1cc(C(F)(F)F)c(-c2ccc3ccccc3c2)cc1C. The molecule has 0 aliphatic heterocycles. The molecule has 64 heavy (non-hydrogen) atoms. The Balaban J connectivity index is 1.33. The first-order chi connectivity index (χ1) is 30.3. The first-order valence-electron chi connectivity index (χ1n) is 20.3. The molecule has 0 amide bonds. The summed E-state index contributed by atoms with van der Waals surface area (Å²) in [6.07, 6.45) is -15.0. The molecule has 0 N–H and O–H groups in total. The molecule has 0 unspecified atom stereocenters. The van der Waals surface area contributed by atoms with Crippen LogP contribution in [0.5, 0.6) is 0 Å². The average Bonchev–Trinajstić information content (AvgIpc) is 3.25. The number of anilines is 3. The van der Waals surface area contributed by atoms with Gasteiger partial charge in [-0.25, -0.2) is 0 Å².